The molecule has 0 saturated carbocycles. The summed E-state index contributed by atoms with van der Waals surface area (Å²) in [5.74, 6) is 0.0353. The molecule has 144 valence electrons. The van der Waals surface area contributed by atoms with Crippen molar-refractivity contribution in [3.05, 3.63) is 24.3 Å². The molecule has 8 nitrogen and oxygen atoms in total. The van der Waals surface area contributed by atoms with Gasteiger partial charge in [0.25, 0.3) is 5.91 Å². The van der Waals surface area contributed by atoms with Gasteiger partial charge in [0, 0.05) is 20.1 Å². The van der Waals surface area contributed by atoms with Gasteiger partial charge in [-0.1, -0.05) is 0 Å². The summed E-state index contributed by atoms with van der Waals surface area (Å²) in [7, 11) is -0.527. The van der Waals surface area contributed by atoms with Gasteiger partial charge in [-0.2, -0.15) is 0 Å². The van der Waals surface area contributed by atoms with Crippen molar-refractivity contribution < 1.29 is 27.5 Å². The highest BCUT2D eigenvalue weighted by atomic mass is 32.2. The van der Waals surface area contributed by atoms with Gasteiger partial charge in [0.15, 0.2) is 16.4 Å². The van der Waals surface area contributed by atoms with Gasteiger partial charge in [0.05, 0.1) is 12.4 Å². The van der Waals surface area contributed by atoms with E-state index in [2.05, 4.69) is 5.32 Å². The Labute approximate surface area is 153 Å². The second-order valence-electron chi connectivity index (χ2n) is 6.02. The van der Waals surface area contributed by atoms with E-state index in [9.17, 15) is 18.0 Å². The molecule has 0 unspecified atom stereocenters. The molecule has 1 N–H and O–H groups in total. The van der Waals surface area contributed by atoms with Crippen LogP contribution in [0.1, 0.15) is 12.8 Å². The minimum absolute atomic E-state index is 0.109. The number of hydrogen-bond acceptors (Lipinski definition) is 6. The number of rotatable bonds is 7. The van der Waals surface area contributed by atoms with Crippen LogP contribution in [0.4, 0.5) is 0 Å². The smallest absolute Gasteiger partial charge is 0.260 e. The molecule has 2 rings (SSSR count). The summed E-state index contributed by atoms with van der Waals surface area (Å²) in [5.41, 5.74) is 0. The van der Waals surface area contributed by atoms with Gasteiger partial charge in [-0.15, -0.1) is 0 Å². The first-order valence-electron chi connectivity index (χ1n) is 8.32. The molecule has 0 radical (unpaired) electrons. The molecule has 1 aromatic carbocycles. The van der Waals surface area contributed by atoms with E-state index < -0.39 is 26.7 Å². The number of piperidine rings is 1. The molecular weight excluding hydrogens is 360 g/mol. The van der Waals surface area contributed by atoms with Gasteiger partial charge in [-0.25, -0.2) is 8.42 Å². The minimum Gasteiger partial charge on any atom is -0.497 e. The standard InChI is InChI=1S/C17H24N2O6S/c1-18-16(20)12-26(22,23)15-7-9-19(10-8-15)17(21)11-25-14-5-3-13(24-2)4-6-14/h3-6,15H,7-12H2,1-2H3,(H,18,20). The summed E-state index contributed by atoms with van der Waals surface area (Å²) in [6.07, 6.45) is 0.654. The molecule has 1 aliphatic heterocycles. The lowest BCUT2D eigenvalue weighted by atomic mass is 10.1. The highest BCUT2D eigenvalue weighted by Gasteiger charge is 2.32. The zero-order chi connectivity index (χ0) is 19.2. The van der Waals surface area contributed by atoms with Crippen LogP contribution in [0.25, 0.3) is 0 Å². The predicted octanol–water partition coefficient (Wildman–Crippen LogP) is 0.226. The Morgan fingerprint density at radius 2 is 1.73 bits per heavy atom. The van der Waals surface area contributed by atoms with Crippen molar-refractivity contribution >= 4 is 21.7 Å². The lowest BCUT2D eigenvalue weighted by Crippen LogP contribution is -2.45. The van der Waals surface area contributed by atoms with Gasteiger partial charge in [-0.3, -0.25) is 9.59 Å². The van der Waals surface area contributed by atoms with Crippen LogP contribution in [0, 0.1) is 0 Å². The minimum atomic E-state index is -3.50. The van der Waals surface area contributed by atoms with E-state index in [0.29, 0.717) is 37.4 Å². The molecule has 2 amide bonds. The number of nitrogens with one attached hydrogen (secondary N) is 1. The van der Waals surface area contributed by atoms with Crippen LogP contribution >= 0.6 is 0 Å². The van der Waals surface area contributed by atoms with E-state index in [4.69, 9.17) is 9.47 Å². The second kappa shape index (κ2) is 8.88. The average Bonchev–Trinajstić information content (AvgIpc) is 2.66. The maximum absolute atomic E-state index is 12.2. The monoisotopic (exact) mass is 384 g/mol. The topological polar surface area (TPSA) is 102 Å². The maximum atomic E-state index is 12.2. The second-order valence-corrected chi connectivity index (χ2v) is 8.31. The molecule has 1 aliphatic rings. The van der Waals surface area contributed by atoms with Crippen LogP contribution in [0.15, 0.2) is 24.3 Å². The molecule has 9 heteroatoms. The first-order valence-corrected chi connectivity index (χ1v) is 10.0. The van der Waals surface area contributed by atoms with Crippen LogP contribution in [-0.2, 0) is 19.4 Å². The number of carbonyl (C=O) groups excluding carboxylic acids is 2. The molecule has 0 spiro atoms. The van der Waals surface area contributed by atoms with E-state index in [-0.39, 0.29) is 12.5 Å². The highest BCUT2D eigenvalue weighted by molar-refractivity contribution is 7.92. The Hall–Kier alpha value is -2.29. The summed E-state index contributed by atoms with van der Waals surface area (Å²) < 4.78 is 34.9. The maximum Gasteiger partial charge on any atom is 0.260 e. The van der Waals surface area contributed by atoms with Crippen molar-refractivity contribution in [1.82, 2.24) is 10.2 Å². The summed E-state index contributed by atoms with van der Waals surface area (Å²) in [6.45, 7) is 0.562. The van der Waals surface area contributed by atoms with Crippen molar-refractivity contribution in [2.24, 2.45) is 0 Å². The Morgan fingerprint density at radius 3 is 2.27 bits per heavy atom. The SMILES string of the molecule is CNC(=O)CS(=O)(=O)C1CCN(C(=O)COc2ccc(OC)cc2)CC1. The quantitative estimate of drug-likeness (QED) is 0.722. The summed E-state index contributed by atoms with van der Waals surface area (Å²) >= 11 is 0. The molecule has 1 aromatic rings. The largest absolute Gasteiger partial charge is 0.497 e. The fraction of sp³-hybridized carbons (Fsp3) is 0.529. The fourth-order valence-electron chi connectivity index (χ4n) is 2.75. The number of hydrogen-bond donors (Lipinski definition) is 1. The number of benzene rings is 1. The van der Waals surface area contributed by atoms with Crippen molar-refractivity contribution in [2.75, 3.05) is 39.6 Å². The number of sulfone groups is 1. The Morgan fingerprint density at radius 1 is 1.15 bits per heavy atom. The zero-order valence-corrected chi connectivity index (χ0v) is 15.8. The first-order chi connectivity index (χ1) is 12.4. The highest BCUT2D eigenvalue weighted by Crippen LogP contribution is 2.20. The number of amides is 2. The van der Waals surface area contributed by atoms with Crippen LogP contribution in [0.2, 0.25) is 0 Å². The van der Waals surface area contributed by atoms with Crippen molar-refractivity contribution in [3.63, 3.8) is 0 Å². The normalized spacial score (nSPS) is 15.4. The van der Waals surface area contributed by atoms with E-state index in [1.165, 1.54) is 7.05 Å². The molecule has 0 atom stereocenters. The molecule has 1 fully saturated rings. The van der Waals surface area contributed by atoms with Gasteiger partial charge in [0.1, 0.15) is 17.3 Å². The van der Waals surface area contributed by atoms with E-state index in [1.807, 2.05) is 0 Å². The number of carbonyl (C=O) groups is 2. The van der Waals surface area contributed by atoms with Crippen molar-refractivity contribution in [3.8, 4) is 11.5 Å². The number of methoxy groups -OCH3 is 1. The van der Waals surface area contributed by atoms with Gasteiger partial charge >= 0.3 is 0 Å². The van der Waals surface area contributed by atoms with Crippen LogP contribution in [-0.4, -0.2) is 70.0 Å². The fourth-order valence-corrected chi connectivity index (χ4v) is 4.42. The molecule has 0 bridgehead atoms. The first kappa shape index (κ1) is 20.0. The summed E-state index contributed by atoms with van der Waals surface area (Å²) in [5, 5.41) is 1.73. The molecular formula is C17H24N2O6S. The van der Waals surface area contributed by atoms with Gasteiger partial charge in [-0.05, 0) is 37.1 Å². The van der Waals surface area contributed by atoms with Crippen molar-refractivity contribution in [1.29, 1.82) is 0 Å². The molecule has 26 heavy (non-hydrogen) atoms. The average molecular weight is 384 g/mol. The third-order valence-corrected chi connectivity index (χ3v) is 6.49. The third-order valence-electron chi connectivity index (χ3n) is 4.34. The summed E-state index contributed by atoms with van der Waals surface area (Å²) in [4.78, 5) is 25.2. The van der Waals surface area contributed by atoms with Crippen LogP contribution in [0.5, 0.6) is 11.5 Å². The Balaban J connectivity index is 1.81. The Kier molecular flexibility index (Phi) is 6.84. The van der Waals surface area contributed by atoms with E-state index in [1.54, 1.807) is 36.3 Å². The Bertz CT molecular complexity index is 724. The lowest BCUT2D eigenvalue weighted by Gasteiger charge is -2.31. The summed E-state index contributed by atoms with van der Waals surface area (Å²) in [6, 6.07) is 6.90. The molecule has 0 aromatic heterocycles. The van der Waals surface area contributed by atoms with Gasteiger partial charge < -0.3 is 19.7 Å². The number of nitrogens with zero attached hydrogens (tertiary/aromatic N) is 1. The van der Waals surface area contributed by atoms with Crippen LogP contribution < -0.4 is 14.8 Å². The third kappa shape index (κ3) is 5.35. The van der Waals surface area contributed by atoms with E-state index >= 15 is 0 Å². The van der Waals surface area contributed by atoms with E-state index in [0.717, 1.165) is 0 Å². The van der Waals surface area contributed by atoms with Crippen LogP contribution in [0.3, 0.4) is 0 Å². The molecule has 0 aliphatic carbocycles. The van der Waals surface area contributed by atoms with Crippen molar-refractivity contribution in [2.45, 2.75) is 18.1 Å². The van der Waals surface area contributed by atoms with Gasteiger partial charge in [0.2, 0.25) is 5.91 Å². The predicted molar refractivity (Wildman–Crippen MR) is 95.9 cm³/mol. The lowest BCUT2D eigenvalue weighted by molar-refractivity contribution is -0.134. The molecule has 1 heterocycles. The molecule has 1 saturated heterocycles. The number of likely N-dealkylation sites (tertiary alicyclic amines) is 1. The zero-order valence-electron chi connectivity index (χ0n) is 14.9. The number of ether oxygens (including phenoxy) is 2.